The second-order valence-corrected chi connectivity index (χ2v) is 7.14. The summed E-state index contributed by atoms with van der Waals surface area (Å²) < 4.78 is 7.81. The van der Waals surface area contributed by atoms with Gasteiger partial charge in [0.15, 0.2) is 0 Å². The van der Waals surface area contributed by atoms with Crippen molar-refractivity contribution in [2.75, 3.05) is 26.2 Å². The van der Waals surface area contributed by atoms with Crippen molar-refractivity contribution < 1.29 is 4.42 Å². The molecule has 24 heavy (non-hydrogen) atoms. The molecule has 3 heterocycles. The van der Waals surface area contributed by atoms with E-state index in [1.54, 1.807) is 0 Å². The van der Waals surface area contributed by atoms with Gasteiger partial charge in [0.2, 0.25) is 5.89 Å². The first kappa shape index (κ1) is 17.2. The first-order valence-electron chi connectivity index (χ1n) is 8.82. The highest BCUT2D eigenvalue weighted by atomic mass is 16.4. The highest BCUT2D eigenvalue weighted by molar-refractivity contribution is 5.24. The monoisotopic (exact) mass is 331 g/mol. The zero-order valence-electron chi connectivity index (χ0n) is 15.5. The molecule has 1 aliphatic heterocycles. The Hall–Kier alpha value is -1.66. The van der Waals surface area contributed by atoms with Crippen LogP contribution in [-0.2, 0) is 20.1 Å². The molecule has 0 N–H and O–H groups in total. The highest BCUT2D eigenvalue weighted by Gasteiger charge is 2.21. The van der Waals surface area contributed by atoms with Crippen molar-refractivity contribution in [3.8, 4) is 0 Å². The van der Waals surface area contributed by atoms with Crippen molar-refractivity contribution in [2.45, 2.75) is 46.7 Å². The van der Waals surface area contributed by atoms with Crippen molar-refractivity contribution >= 4 is 0 Å². The maximum atomic E-state index is 5.83. The summed E-state index contributed by atoms with van der Waals surface area (Å²) in [7, 11) is 2.02. The van der Waals surface area contributed by atoms with Crippen molar-refractivity contribution in [3.63, 3.8) is 0 Å². The molecule has 0 spiro atoms. The Bertz CT molecular complexity index is 680. The van der Waals surface area contributed by atoms with Gasteiger partial charge in [0.25, 0.3) is 0 Å². The Morgan fingerprint density at radius 1 is 1.08 bits per heavy atom. The Kier molecular flexibility index (Phi) is 5.06. The lowest BCUT2D eigenvalue weighted by Gasteiger charge is -2.34. The summed E-state index contributed by atoms with van der Waals surface area (Å²) in [6, 6.07) is 0. The fourth-order valence-electron chi connectivity index (χ4n) is 3.23. The molecule has 0 atom stereocenters. The van der Waals surface area contributed by atoms with E-state index < -0.39 is 0 Å². The molecule has 0 radical (unpaired) electrons. The lowest BCUT2D eigenvalue weighted by molar-refractivity contribution is 0.113. The van der Waals surface area contributed by atoms with E-state index in [9.17, 15) is 0 Å². The van der Waals surface area contributed by atoms with Gasteiger partial charge in [0, 0.05) is 56.9 Å². The van der Waals surface area contributed by atoms with E-state index in [2.05, 4.69) is 47.6 Å². The molecule has 6 nitrogen and oxygen atoms in total. The number of hydrogen-bond acceptors (Lipinski definition) is 5. The average molecular weight is 331 g/mol. The predicted molar refractivity (Wildman–Crippen MR) is 93.8 cm³/mol. The molecule has 3 rings (SSSR count). The van der Waals surface area contributed by atoms with Crippen molar-refractivity contribution in [2.24, 2.45) is 7.05 Å². The van der Waals surface area contributed by atoms with Crippen molar-refractivity contribution in [3.05, 3.63) is 34.8 Å². The lowest BCUT2D eigenvalue weighted by atomic mass is 10.1. The molecule has 0 aliphatic carbocycles. The van der Waals surface area contributed by atoms with Gasteiger partial charge in [-0.15, -0.1) is 0 Å². The summed E-state index contributed by atoms with van der Waals surface area (Å²) in [5, 5.41) is 4.52. The summed E-state index contributed by atoms with van der Waals surface area (Å²) >= 11 is 0. The molecular weight excluding hydrogens is 302 g/mol. The van der Waals surface area contributed by atoms with E-state index in [-0.39, 0.29) is 0 Å². The SMILES string of the molecule is Cc1nn(C)c(C)c1CN1CCN(Cc2ncc(C(C)C)o2)CC1. The van der Waals surface area contributed by atoms with Crippen LogP contribution >= 0.6 is 0 Å². The van der Waals surface area contributed by atoms with E-state index in [4.69, 9.17) is 4.42 Å². The molecule has 0 bridgehead atoms. The number of piperazine rings is 1. The van der Waals surface area contributed by atoms with Gasteiger partial charge in [-0.25, -0.2) is 4.98 Å². The van der Waals surface area contributed by atoms with Gasteiger partial charge in [0.1, 0.15) is 5.76 Å². The first-order valence-corrected chi connectivity index (χ1v) is 8.82. The molecule has 0 aromatic carbocycles. The normalized spacial score (nSPS) is 17.1. The van der Waals surface area contributed by atoms with Crippen molar-refractivity contribution in [1.29, 1.82) is 0 Å². The van der Waals surface area contributed by atoms with Gasteiger partial charge in [-0.2, -0.15) is 5.10 Å². The van der Waals surface area contributed by atoms with Gasteiger partial charge in [0.05, 0.1) is 18.4 Å². The first-order chi connectivity index (χ1) is 11.4. The van der Waals surface area contributed by atoms with Gasteiger partial charge in [-0.1, -0.05) is 13.8 Å². The third kappa shape index (κ3) is 3.70. The Morgan fingerprint density at radius 2 is 1.71 bits per heavy atom. The highest BCUT2D eigenvalue weighted by Crippen LogP contribution is 2.18. The second-order valence-electron chi connectivity index (χ2n) is 7.14. The van der Waals surface area contributed by atoms with Crippen LogP contribution in [0.3, 0.4) is 0 Å². The lowest BCUT2D eigenvalue weighted by Crippen LogP contribution is -2.45. The largest absolute Gasteiger partial charge is 0.444 e. The average Bonchev–Trinajstić information content (AvgIpc) is 3.10. The minimum absolute atomic E-state index is 0.397. The number of nitrogens with zero attached hydrogens (tertiary/aromatic N) is 5. The summed E-state index contributed by atoms with van der Waals surface area (Å²) in [6.45, 7) is 14.6. The zero-order valence-corrected chi connectivity index (χ0v) is 15.5. The molecule has 0 saturated carbocycles. The summed E-state index contributed by atoms with van der Waals surface area (Å²) in [4.78, 5) is 9.35. The Morgan fingerprint density at radius 3 is 2.21 bits per heavy atom. The summed E-state index contributed by atoms with van der Waals surface area (Å²) in [6.07, 6.45) is 1.87. The second kappa shape index (κ2) is 7.07. The number of rotatable bonds is 5. The molecule has 132 valence electrons. The third-order valence-electron chi connectivity index (χ3n) is 5.00. The standard InChI is InChI=1S/C18H29N5O/c1-13(2)17-10-19-18(24-17)12-23-8-6-22(7-9-23)11-16-14(3)20-21(5)15(16)4/h10,13H,6-9,11-12H2,1-5H3. The van der Waals surface area contributed by atoms with E-state index >= 15 is 0 Å². The molecule has 0 amide bonds. The molecule has 1 saturated heterocycles. The van der Waals surface area contributed by atoms with Crippen LogP contribution in [0, 0.1) is 13.8 Å². The zero-order chi connectivity index (χ0) is 17.3. The summed E-state index contributed by atoms with van der Waals surface area (Å²) in [5.74, 6) is 2.21. The van der Waals surface area contributed by atoms with Crippen LogP contribution in [0.4, 0.5) is 0 Å². The number of aryl methyl sites for hydroxylation is 2. The number of hydrogen-bond donors (Lipinski definition) is 0. The van der Waals surface area contributed by atoms with Gasteiger partial charge >= 0.3 is 0 Å². The van der Waals surface area contributed by atoms with E-state index in [1.165, 1.54) is 11.3 Å². The number of aromatic nitrogens is 3. The van der Waals surface area contributed by atoms with Gasteiger partial charge < -0.3 is 4.42 Å². The van der Waals surface area contributed by atoms with Crippen LogP contribution in [0.5, 0.6) is 0 Å². The molecule has 1 aliphatic rings. The van der Waals surface area contributed by atoms with Crippen LogP contribution in [0.25, 0.3) is 0 Å². The van der Waals surface area contributed by atoms with Crippen LogP contribution < -0.4 is 0 Å². The Labute approximate surface area is 144 Å². The maximum Gasteiger partial charge on any atom is 0.208 e. The summed E-state index contributed by atoms with van der Waals surface area (Å²) in [5.41, 5.74) is 3.80. The third-order valence-corrected chi connectivity index (χ3v) is 5.00. The van der Waals surface area contributed by atoms with Crippen LogP contribution in [0.15, 0.2) is 10.6 Å². The predicted octanol–water partition coefficient (Wildman–Crippen LogP) is 2.47. The van der Waals surface area contributed by atoms with E-state index in [0.717, 1.165) is 56.6 Å². The topological polar surface area (TPSA) is 50.3 Å². The molecule has 0 unspecified atom stereocenters. The molecular formula is C18H29N5O. The minimum atomic E-state index is 0.397. The fraction of sp³-hybridized carbons (Fsp3) is 0.667. The smallest absolute Gasteiger partial charge is 0.208 e. The maximum absolute atomic E-state index is 5.83. The number of oxazole rings is 1. The molecule has 6 heteroatoms. The molecule has 2 aromatic heterocycles. The van der Waals surface area contributed by atoms with Gasteiger partial charge in [-0.3, -0.25) is 14.5 Å². The molecule has 2 aromatic rings. The van der Waals surface area contributed by atoms with Gasteiger partial charge in [-0.05, 0) is 13.8 Å². The van der Waals surface area contributed by atoms with E-state index in [0.29, 0.717) is 5.92 Å². The fourth-order valence-corrected chi connectivity index (χ4v) is 3.23. The van der Waals surface area contributed by atoms with Crippen molar-refractivity contribution in [1.82, 2.24) is 24.6 Å². The van der Waals surface area contributed by atoms with Crippen LogP contribution in [0.2, 0.25) is 0 Å². The molecule has 1 fully saturated rings. The Balaban J connectivity index is 1.52. The quantitative estimate of drug-likeness (QED) is 0.842. The van der Waals surface area contributed by atoms with Crippen LogP contribution in [-0.4, -0.2) is 50.7 Å². The van der Waals surface area contributed by atoms with E-state index in [1.807, 2.05) is 17.9 Å². The van der Waals surface area contributed by atoms with Crippen LogP contribution in [0.1, 0.15) is 48.4 Å². The minimum Gasteiger partial charge on any atom is -0.444 e.